The van der Waals surface area contributed by atoms with Gasteiger partial charge in [-0.3, -0.25) is 0 Å². The van der Waals surface area contributed by atoms with Gasteiger partial charge in [0.1, 0.15) is 5.75 Å². The third kappa shape index (κ3) is 2.59. The van der Waals surface area contributed by atoms with Crippen LogP contribution in [0.4, 0.5) is 0 Å². The molecule has 1 saturated carbocycles. The molecule has 100 valence electrons. The lowest BCUT2D eigenvalue weighted by Gasteiger charge is -2.17. The van der Waals surface area contributed by atoms with Gasteiger partial charge in [0, 0.05) is 18.0 Å². The average Bonchev–Trinajstić information content (AvgIpc) is 3.28. The maximum Gasteiger partial charge on any atom is 0.126 e. The van der Waals surface area contributed by atoms with E-state index in [4.69, 9.17) is 4.74 Å². The molecule has 0 N–H and O–H groups in total. The molecule has 0 heterocycles. The molecule has 2 nitrogen and oxygen atoms in total. The highest BCUT2D eigenvalue weighted by Crippen LogP contribution is 2.30. The fourth-order valence-electron chi connectivity index (χ4n) is 2.76. The second kappa shape index (κ2) is 5.22. The number of hydrogen-bond donors (Lipinski definition) is 0. The van der Waals surface area contributed by atoms with Gasteiger partial charge in [-0.15, -0.1) is 0 Å². The van der Waals surface area contributed by atoms with E-state index < -0.39 is 0 Å². The van der Waals surface area contributed by atoms with Crippen LogP contribution >= 0.6 is 0 Å². The van der Waals surface area contributed by atoms with Crippen LogP contribution in [0.1, 0.15) is 18.4 Å². The Kier molecular flexibility index (Phi) is 3.43. The van der Waals surface area contributed by atoms with Crippen LogP contribution in [0.3, 0.4) is 0 Å². The van der Waals surface area contributed by atoms with Crippen LogP contribution in [0.15, 0.2) is 36.4 Å². The van der Waals surface area contributed by atoms with E-state index in [0.29, 0.717) is 0 Å². The Balaban J connectivity index is 1.89. The first-order valence-electron chi connectivity index (χ1n) is 7.04. The lowest BCUT2D eigenvalue weighted by Crippen LogP contribution is -2.23. The monoisotopic (exact) mass is 255 g/mol. The van der Waals surface area contributed by atoms with Crippen molar-refractivity contribution in [2.24, 2.45) is 0 Å². The molecule has 0 amide bonds. The summed E-state index contributed by atoms with van der Waals surface area (Å²) in [4.78, 5) is 2.48. The van der Waals surface area contributed by atoms with Gasteiger partial charge in [0.25, 0.3) is 0 Å². The summed E-state index contributed by atoms with van der Waals surface area (Å²) in [6, 6.07) is 13.6. The van der Waals surface area contributed by atoms with Crippen molar-refractivity contribution in [1.29, 1.82) is 0 Å². The van der Waals surface area contributed by atoms with Gasteiger partial charge in [0.2, 0.25) is 0 Å². The molecule has 3 rings (SSSR count). The second-order valence-corrected chi connectivity index (χ2v) is 5.44. The van der Waals surface area contributed by atoms with E-state index in [2.05, 4.69) is 48.3 Å². The highest BCUT2D eigenvalue weighted by molar-refractivity contribution is 5.91. The van der Waals surface area contributed by atoms with Crippen molar-refractivity contribution in [1.82, 2.24) is 4.90 Å². The normalized spacial score (nSPS) is 15.1. The Morgan fingerprint density at radius 2 is 1.89 bits per heavy atom. The third-order valence-electron chi connectivity index (χ3n) is 4.08. The zero-order valence-electron chi connectivity index (χ0n) is 11.7. The molecule has 0 spiro atoms. The molecule has 2 aromatic carbocycles. The van der Waals surface area contributed by atoms with Crippen LogP contribution in [-0.4, -0.2) is 31.6 Å². The zero-order chi connectivity index (χ0) is 13.2. The minimum atomic E-state index is 0.830. The quantitative estimate of drug-likeness (QED) is 0.811. The number of fused-ring (bicyclic) bond motifs is 1. The van der Waals surface area contributed by atoms with Crippen LogP contribution < -0.4 is 4.74 Å². The number of likely N-dealkylation sites (N-methyl/N-ethyl adjacent to an activating group) is 1. The van der Waals surface area contributed by atoms with E-state index in [1.54, 1.807) is 7.11 Å². The van der Waals surface area contributed by atoms with E-state index in [1.165, 1.54) is 29.2 Å². The Hall–Kier alpha value is -1.54. The van der Waals surface area contributed by atoms with E-state index >= 15 is 0 Å². The lowest BCUT2D eigenvalue weighted by molar-refractivity contribution is 0.329. The number of benzene rings is 2. The SMILES string of the molecule is COc1cccc2cccc(CCN(C)C3CC3)c12. The third-order valence-corrected chi connectivity index (χ3v) is 4.08. The van der Waals surface area contributed by atoms with Crippen molar-refractivity contribution >= 4 is 10.8 Å². The largest absolute Gasteiger partial charge is 0.496 e. The molecule has 0 aromatic heterocycles. The fourth-order valence-corrected chi connectivity index (χ4v) is 2.76. The van der Waals surface area contributed by atoms with E-state index in [-0.39, 0.29) is 0 Å². The van der Waals surface area contributed by atoms with Crippen molar-refractivity contribution in [3.63, 3.8) is 0 Å². The zero-order valence-corrected chi connectivity index (χ0v) is 11.7. The molecule has 0 aliphatic heterocycles. The molecule has 19 heavy (non-hydrogen) atoms. The van der Waals surface area contributed by atoms with Gasteiger partial charge in [-0.25, -0.2) is 0 Å². The van der Waals surface area contributed by atoms with Crippen LogP contribution in [0.2, 0.25) is 0 Å². The standard InChI is InChI=1S/C17H21NO/c1-18(15-9-10-15)12-11-14-6-3-5-13-7-4-8-16(19-2)17(13)14/h3-8,15H,9-12H2,1-2H3. The molecular formula is C17H21NO. The highest BCUT2D eigenvalue weighted by Gasteiger charge is 2.25. The Morgan fingerprint density at radius 1 is 1.16 bits per heavy atom. The predicted octanol–water partition coefficient (Wildman–Crippen LogP) is 3.49. The summed E-state index contributed by atoms with van der Waals surface area (Å²) in [6.45, 7) is 1.13. The van der Waals surface area contributed by atoms with Crippen LogP contribution in [0.5, 0.6) is 5.75 Å². The summed E-state index contributed by atoms with van der Waals surface area (Å²) >= 11 is 0. The van der Waals surface area contributed by atoms with Gasteiger partial charge in [0.05, 0.1) is 7.11 Å². The minimum Gasteiger partial charge on any atom is -0.496 e. The molecule has 0 atom stereocenters. The topological polar surface area (TPSA) is 12.5 Å². The predicted molar refractivity (Wildman–Crippen MR) is 79.9 cm³/mol. The first-order chi connectivity index (χ1) is 9.29. The van der Waals surface area contributed by atoms with Gasteiger partial charge >= 0.3 is 0 Å². The Morgan fingerprint density at radius 3 is 2.58 bits per heavy atom. The number of hydrogen-bond acceptors (Lipinski definition) is 2. The van der Waals surface area contributed by atoms with Crippen molar-refractivity contribution < 1.29 is 4.74 Å². The van der Waals surface area contributed by atoms with Crippen molar-refractivity contribution in [3.8, 4) is 5.75 Å². The molecule has 1 aliphatic carbocycles. The fraction of sp³-hybridized carbons (Fsp3) is 0.412. The molecule has 0 bridgehead atoms. The summed E-state index contributed by atoms with van der Waals surface area (Å²) in [7, 11) is 3.99. The van der Waals surface area contributed by atoms with Crippen LogP contribution in [-0.2, 0) is 6.42 Å². The molecule has 0 unspecified atom stereocenters. The van der Waals surface area contributed by atoms with Crippen molar-refractivity contribution in [2.75, 3.05) is 20.7 Å². The molecule has 1 fully saturated rings. The van der Waals surface area contributed by atoms with Gasteiger partial charge in [-0.05, 0) is 43.3 Å². The van der Waals surface area contributed by atoms with E-state index in [9.17, 15) is 0 Å². The summed E-state index contributed by atoms with van der Waals surface area (Å²) in [5.74, 6) is 0.988. The van der Waals surface area contributed by atoms with Gasteiger partial charge in [-0.2, -0.15) is 0 Å². The Labute approximate surface area is 115 Å². The minimum absolute atomic E-state index is 0.830. The first kappa shape index (κ1) is 12.5. The summed E-state index contributed by atoms with van der Waals surface area (Å²) in [6.07, 6.45) is 3.83. The van der Waals surface area contributed by atoms with Crippen molar-refractivity contribution in [3.05, 3.63) is 42.0 Å². The molecule has 2 aromatic rings. The number of ether oxygens (including phenoxy) is 1. The lowest BCUT2D eigenvalue weighted by atomic mass is 10.0. The molecule has 0 radical (unpaired) electrons. The molecule has 0 saturated heterocycles. The number of rotatable bonds is 5. The van der Waals surface area contributed by atoms with Gasteiger partial charge in [0.15, 0.2) is 0 Å². The van der Waals surface area contributed by atoms with E-state index in [0.717, 1.165) is 24.8 Å². The van der Waals surface area contributed by atoms with Gasteiger partial charge in [-0.1, -0.05) is 30.3 Å². The number of methoxy groups -OCH3 is 1. The summed E-state index contributed by atoms with van der Waals surface area (Å²) < 4.78 is 5.52. The smallest absolute Gasteiger partial charge is 0.126 e. The molecule has 1 aliphatic rings. The number of nitrogens with zero attached hydrogens (tertiary/aromatic N) is 1. The van der Waals surface area contributed by atoms with E-state index in [1.807, 2.05) is 0 Å². The van der Waals surface area contributed by atoms with Crippen LogP contribution in [0, 0.1) is 0 Å². The maximum absolute atomic E-state index is 5.52. The Bertz CT molecular complexity index is 569. The average molecular weight is 255 g/mol. The highest BCUT2D eigenvalue weighted by atomic mass is 16.5. The van der Waals surface area contributed by atoms with Crippen molar-refractivity contribution in [2.45, 2.75) is 25.3 Å². The maximum atomic E-state index is 5.52. The summed E-state index contributed by atoms with van der Waals surface area (Å²) in [5.41, 5.74) is 1.39. The second-order valence-electron chi connectivity index (χ2n) is 5.44. The van der Waals surface area contributed by atoms with Gasteiger partial charge < -0.3 is 9.64 Å². The first-order valence-corrected chi connectivity index (χ1v) is 7.04. The van der Waals surface area contributed by atoms with Crippen LogP contribution in [0.25, 0.3) is 10.8 Å². The summed E-state index contributed by atoms with van der Waals surface area (Å²) in [5, 5.41) is 2.54. The molecule has 2 heteroatoms. The molecular weight excluding hydrogens is 234 g/mol.